The van der Waals surface area contributed by atoms with Gasteiger partial charge in [-0.05, 0) is 30.8 Å². The number of hydrogen-bond donors (Lipinski definition) is 0. The van der Waals surface area contributed by atoms with Gasteiger partial charge >= 0.3 is 11.7 Å². The fraction of sp³-hybridized carbons (Fsp3) is 0.231. The van der Waals surface area contributed by atoms with Crippen molar-refractivity contribution in [3.05, 3.63) is 33.4 Å². The summed E-state index contributed by atoms with van der Waals surface area (Å²) in [6.07, 6.45) is -3.67. The van der Waals surface area contributed by atoms with Crippen molar-refractivity contribution in [3.8, 4) is 5.69 Å². The van der Waals surface area contributed by atoms with Crippen LogP contribution in [0.5, 0.6) is 0 Å². The van der Waals surface area contributed by atoms with Gasteiger partial charge in [0.25, 0.3) is 0 Å². The highest BCUT2D eigenvalue weighted by molar-refractivity contribution is 8.00. The van der Waals surface area contributed by atoms with Gasteiger partial charge in [0.05, 0.1) is 26.2 Å². The van der Waals surface area contributed by atoms with Crippen LogP contribution in [0.25, 0.3) is 5.69 Å². The average molecular weight is 436 g/mol. The van der Waals surface area contributed by atoms with E-state index in [4.69, 9.17) is 23.2 Å². The van der Waals surface area contributed by atoms with Gasteiger partial charge in [0.1, 0.15) is 5.69 Å². The van der Waals surface area contributed by atoms with Crippen molar-refractivity contribution in [2.45, 2.75) is 23.5 Å². The molecule has 0 unspecified atom stereocenters. The van der Waals surface area contributed by atoms with Crippen LogP contribution in [0.4, 0.5) is 32.2 Å². The lowest BCUT2D eigenvalue weighted by Gasteiger charge is -2.13. The van der Waals surface area contributed by atoms with Crippen LogP contribution in [0.1, 0.15) is 11.3 Å². The van der Waals surface area contributed by atoms with E-state index in [1.165, 1.54) is 6.92 Å². The van der Waals surface area contributed by atoms with Crippen molar-refractivity contribution < 1.29 is 31.1 Å². The minimum atomic E-state index is -4.74. The van der Waals surface area contributed by atoms with E-state index in [2.05, 4.69) is 10.1 Å². The van der Waals surface area contributed by atoms with E-state index in [1.54, 1.807) is 0 Å². The van der Waals surface area contributed by atoms with Gasteiger partial charge < -0.3 is 0 Å². The molecule has 140 valence electrons. The highest BCUT2D eigenvalue weighted by atomic mass is 35.5. The number of isocyanates is 1. The normalized spacial score (nSPS) is 12.2. The highest BCUT2D eigenvalue weighted by Gasteiger charge is 2.35. The van der Waals surface area contributed by atoms with Gasteiger partial charge in [-0.2, -0.15) is 31.4 Å². The minimum Gasteiger partial charge on any atom is -0.211 e. The maximum Gasteiger partial charge on any atom is 0.446 e. The van der Waals surface area contributed by atoms with Crippen molar-refractivity contribution in [1.29, 1.82) is 0 Å². The van der Waals surface area contributed by atoms with E-state index in [1.807, 2.05) is 0 Å². The predicted molar refractivity (Wildman–Crippen MR) is 83.0 cm³/mol. The summed E-state index contributed by atoms with van der Waals surface area (Å²) in [5.74, 6) is -0.608. The first-order valence-electron chi connectivity index (χ1n) is 6.35. The van der Waals surface area contributed by atoms with E-state index in [0.717, 1.165) is 6.08 Å². The molecule has 4 nitrogen and oxygen atoms in total. The first-order chi connectivity index (χ1) is 11.8. The van der Waals surface area contributed by atoms with Gasteiger partial charge in [0.2, 0.25) is 6.08 Å². The van der Waals surface area contributed by atoms with Crippen molar-refractivity contribution in [2.24, 2.45) is 4.99 Å². The summed E-state index contributed by atoms with van der Waals surface area (Å²) in [5.41, 5.74) is -6.43. The Morgan fingerprint density at radius 2 is 1.69 bits per heavy atom. The Balaban J connectivity index is 2.74. The van der Waals surface area contributed by atoms with E-state index < -0.39 is 49.8 Å². The Morgan fingerprint density at radius 3 is 2.12 bits per heavy atom. The first kappa shape index (κ1) is 20.6. The molecule has 0 atom stereocenters. The van der Waals surface area contributed by atoms with E-state index in [9.17, 15) is 31.1 Å². The van der Waals surface area contributed by atoms with E-state index >= 15 is 0 Å². The number of aryl methyl sites for hydroxylation is 1. The first-order valence-corrected chi connectivity index (χ1v) is 7.92. The molecule has 1 aromatic carbocycles. The van der Waals surface area contributed by atoms with Gasteiger partial charge in [-0.1, -0.05) is 23.2 Å². The second-order valence-corrected chi connectivity index (χ2v) is 6.58. The standard InChI is InChI=1S/C13H5Cl2F6N3OS/c1-5-10(26-13(19,20)21)11(22-4-25)24(23-5)9-7(14)2-6(3-8(9)15)12(16,17)18/h2-3H,1H3. The van der Waals surface area contributed by atoms with Gasteiger partial charge in [0.15, 0.2) is 5.82 Å². The van der Waals surface area contributed by atoms with Crippen LogP contribution in [0.3, 0.4) is 0 Å². The molecule has 26 heavy (non-hydrogen) atoms. The molecule has 1 heterocycles. The number of halogens is 8. The maximum atomic E-state index is 12.8. The molecular formula is C13H5Cl2F6N3OS. The monoisotopic (exact) mass is 435 g/mol. The van der Waals surface area contributed by atoms with Crippen LogP contribution in [-0.4, -0.2) is 21.4 Å². The zero-order valence-corrected chi connectivity index (χ0v) is 14.7. The molecule has 2 rings (SSSR count). The molecule has 0 amide bonds. The Morgan fingerprint density at radius 1 is 1.15 bits per heavy atom. The van der Waals surface area contributed by atoms with Crippen LogP contribution in [-0.2, 0) is 11.0 Å². The highest BCUT2D eigenvalue weighted by Crippen LogP contribution is 2.46. The topological polar surface area (TPSA) is 47.2 Å². The SMILES string of the molecule is Cc1nn(-c2c(Cl)cc(C(F)(F)F)cc2Cl)c(N=C=O)c1SC(F)(F)F. The van der Waals surface area contributed by atoms with Crippen LogP contribution >= 0.6 is 35.0 Å². The van der Waals surface area contributed by atoms with Gasteiger partial charge in [-0.15, -0.1) is 4.99 Å². The lowest BCUT2D eigenvalue weighted by molar-refractivity contribution is -0.137. The number of alkyl halides is 6. The molecular weight excluding hydrogens is 431 g/mol. The second kappa shape index (κ2) is 7.15. The molecule has 2 aromatic rings. The van der Waals surface area contributed by atoms with Crippen LogP contribution in [0.15, 0.2) is 22.0 Å². The zero-order chi connectivity index (χ0) is 19.9. The van der Waals surface area contributed by atoms with Crippen molar-refractivity contribution in [1.82, 2.24) is 9.78 Å². The average Bonchev–Trinajstić information content (AvgIpc) is 2.73. The summed E-state index contributed by atoms with van der Waals surface area (Å²) in [7, 11) is 0. The molecule has 0 aliphatic heterocycles. The molecule has 0 fully saturated rings. The molecule has 0 spiro atoms. The lowest BCUT2D eigenvalue weighted by Crippen LogP contribution is -2.07. The Kier molecular flexibility index (Phi) is 5.67. The number of aromatic nitrogens is 2. The molecule has 13 heteroatoms. The van der Waals surface area contributed by atoms with Gasteiger partial charge in [-0.25, -0.2) is 9.48 Å². The molecule has 0 bridgehead atoms. The number of nitrogens with zero attached hydrogens (tertiary/aromatic N) is 3. The Hall–Kier alpha value is -1.68. The molecule has 0 saturated heterocycles. The van der Waals surface area contributed by atoms with Crippen molar-refractivity contribution in [3.63, 3.8) is 0 Å². The third kappa shape index (κ3) is 4.35. The number of carbonyl (C=O) groups excluding carboxylic acids is 1. The second-order valence-electron chi connectivity index (χ2n) is 4.69. The van der Waals surface area contributed by atoms with Crippen LogP contribution < -0.4 is 0 Å². The van der Waals surface area contributed by atoms with Crippen LogP contribution in [0, 0.1) is 6.92 Å². The quantitative estimate of drug-likeness (QED) is 0.254. The predicted octanol–water partition coefficient (Wildman–Crippen LogP) is 6.09. The summed E-state index contributed by atoms with van der Waals surface area (Å²) in [6, 6.07) is 1.07. The zero-order valence-electron chi connectivity index (χ0n) is 12.3. The largest absolute Gasteiger partial charge is 0.446 e. The van der Waals surface area contributed by atoms with Crippen LogP contribution in [0.2, 0.25) is 10.0 Å². The molecule has 0 radical (unpaired) electrons. The Bertz CT molecular complexity index is 880. The fourth-order valence-electron chi connectivity index (χ4n) is 1.96. The number of thioether (sulfide) groups is 1. The van der Waals surface area contributed by atoms with E-state index in [-0.39, 0.29) is 11.4 Å². The minimum absolute atomic E-state index is 0.187. The molecule has 0 saturated carbocycles. The van der Waals surface area contributed by atoms with Gasteiger partial charge in [-0.3, -0.25) is 0 Å². The molecule has 1 aromatic heterocycles. The molecule has 0 aliphatic rings. The number of benzene rings is 1. The van der Waals surface area contributed by atoms with Gasteiger partial charge in [0, 0.05) is 0 Å². The summed E-state index contributed by atoms with van der Waals surface area (Å²) in [6.45, 7) is 1.19. The fourth-order valence-corrected chi connectivity index (χ4v) is 3.26. The maximum absolute atomic E-state index is 12.8. The third-order valence-corrected chi connectivity index (χ3v) is 4.40. The Labute approximate surface area is 155 Å². The summed E-state index contributed by atoms with van der Waals surface area (Å²) < 4.78 is 77.2. The summed E-state index contributed by atoms with van der Waals surface area (Å²) in [5, 5.41) is 2.68. The smallest absolute Gasteiger partial charge is 0.211 e. The number of hydrogen-bond acceptors (Lipinski definition) is 4. The third-order valence-electron chi connectivity index (χ3n) is 2.91. The summed E-state index contributed by atoms with van der Waals surface area (Å²) >= 11 is 11.1. The lowest BCUT2D eigenvalue weighted by atomic mass is 10.2. The van der Waals surface area contributed by atoms with Crippen molar-refractivity contribution in [2.75, 3.05) is 0 Å². The van der Waals surface area contributed by atoms with E-state index in [0.29, 0.717) is 16.8 Å². The molecule has 0 aliphatic carbocycles. The number of aliphatic imine (C=N–C) groups is 1. The summed E-state index contributed by atoms with van der Waals surface area (Å²) in [4.78, 5) is 13.2. The number of rotatable bonds is 3. The van der Waals surface area contributed by atoms with Crippen molar-refractivity contribution >= 4 is 46.9 Å². The molecule has 0 N–H and O–H groups in total.